The predicted molar refractivity (Wildman–Crippen MR) is 42.6 cm³/mol. The SMILES string of the molecule is BC(=O)NCC.CNC. The minimum absolute atomic E-state index is 0.0394. The quantitative estimate of drug-likeness (QED) is 0.455. The molecule has 0 spiro atoms. The standard InChI is InChI=1S/C3H8BNO.C2H7N/c1-2-5-3(4)6;1-3-2/h2,4H2,1H3,(H,5,6);3H,1-2H3. The van der Waals surface area contributed by atoms with Gasteiger partial charge in [0.15, 0.2) is 5.81 Å². The lowest BCUT2D eigenvalue weighted by atomic mass is 10.1. The maximum atomic E-state index is 9.93. The summed E-state index contributed by atoms with van der Waals surface area (Å²) in [4.78, 5) is 9.93. The fraction of sp³-hybridized carbons (Fsp3) is 0.800. The van der Waals surface area contributed by atoms with Gasteiger partial charge in [-0.2, -0.15) is 0 Å². The fourth-order valence-corrected chi connectivity index (χ4v) is 0.249. The van der Waals surface area contributed by atoms with Crippen molar-refractivity contribution >= 4 is 13.7 Å². The molecule has 0 saturated heterocycles. The van der Waals surface area contributed by atoms with E-state index in [9.17, 15) is 4.79 Å². The summed E-state index contributed by atoms with van der Waals surface area (Å²) in [5.41, 5.74) is 0. The summed E-state index contributed by atoms with van der Waals surface area (Å²) in [6, 6.07) is 0. The van der Waals surface area contributed by atoms with Gasteiger partial charge in [-0.05, 0) is 21.0 Å². The molecule has 0 aromatic carbocycles. The van der Waals surface area contributed by atoms with Crippen LogP contribution in [0.2, 0.25) is 0 Å². The first-order valence-corrected chi connectivity index (χ1v) is 3.01. The summed E-state index contributed by atoms with van der Waals surface area (Å²) in [5, 5.41) is 5.32. The molecule has 54 valence electrons. The van der Waals surface area contributed by atoms with Crippen molar-refractivity contribution < 1.29 is 4.79 Å². The van der Waals surface area contributed by atoms with Crippen molar-refractivity contribution in [3.8, 4) is 0 Å². The highest BCUT2D eigenvalue weighted by Crippen LogP contribution is 1.53. The van der Waals surface area contributed by atoms with Crippen LogP contribution < -0.4 is 10.6 Å². The van der Waals surface area contributed by atoms with Crippen LogP contribution in [0.3, 0.4) is 0 Å². The molecule has 4 heteroatoms. The third-order valence-electron chi connectivity index (χ3n) is 0.426. The van der Waals surface area contributed by atoms with Crippen molar-refractivity contribution in [3.63, 3.8) is 0 Å². The number of carbonyl (C=O) groups excluding carboxylic acids is 1. The summed E-state index contributed by atoms with van der Waals surface area (Å²) in [7, 11) is 5.25. The van der Waals surface area contributed by atoms with Gasteiger partial charge >= 0.3 is 0 Å². The first-order valence-electron chi connectivity index (χ1n) is 3.01. The van der Waals surface area contributed by atoms with E-state index in [4.69, 9.17) is 0 Å². The summed E-state index contributed by atoms with van der Waals surface area (Å²) < 4.78 is 0. The van der Waals surface area contributed by atoms with Gasteiger partial charge in [-0.25, -0.2) is 0 Å². The van der Waals surface area contributed by atoms with Crippen LogP contribution in [0.1, 0.15) is 6.92 Å². The summed E-state index contributed by atoms with van der Waals surface area (Å²) in [5.74, 6) is 0.0394. The second-order valence-electron chi connectivity index (χ2n) is 1.59. The van der Waals surface area contributed by atoms with Gasteiger partial charge in [0.1, 0.15) is 0 Å². The molecule has 2 N–H and O–H groups in total. The molecule has 0 fully saturated rings. The molecule has 9 heavy (non-hydrogen) atoms. The van der Waals surface area contributed by atoms with E-state index >= 15 is 0 Å². The third kappa shape index (κ3) is 36.4. The van der Waals surface area contributed by atoms with Crippen molar-refractivity contribution in [2.75, 3.05) is 20.6 Å². The highest BCUT2D eigenvalue weighted by molar-refractivity contribution is 6.57. The lowest BCUT2D eigenvalue weighted by molar-refractivity contribution is 0.260. The summed E-state index contributed by atoms with van der Waals surface area (Å²) in [6.45, 7) is 2.62. The fourth-order valence-electron chi connectivity index (χ4n) is 0.249. The van der Waals surface area contributed by atoms with Gasteiger partial charge in [0.05, 0.1) is 0 Å². The van der Waals surface area contributed by atoms with Crippen LogP contribution in [0.25, 0.3) is 0 Å². The number of hydrogen-bond donors (Lipinski definition) is 2. The molecule has 0 rings (SSSR count). The zero-order chi connectivity index (χ0) is 7.70. The summed E-state index contributed by atoms with van der Waals surface area (Å²) in [6.07, 6.45) is 0. The first-order chi connectivity index (χ1) is 4.18. The van der Waals surface area contributed by atoms with Gasteiger partial charge in [-0.1, -0.05) is 0 Å². The molecule has 3 nitrogen and oxygen atoms in total. The van der Waals surface area contributed by atoms with Gasteiger partial charge in [0.25, 0.3) is 0 Å². The molecular formula is C5H15BN2O. The maximum absolute atomic E-state index is 9.93. The minimum Gasteiger partial charge on any atom is -0.366 e. The van der Waals surface area contributed by atoms with E-state index < -0.39 is 0 Å². The second kappa shape index (κ2) is 10.5. The highest BCUT2D eigenvalue weighted by Gasteiger charge is 1.79. The third-order valence-corrected chi connectivity index (χ3v) is 0.426. The van der Waals surface area contributed by atoms with E-state index in [-0.39, 0.29) is 5.81 Å². The van der Waals surface area contributed by atoms with Crippen molar-refractivity contribution in [2.24, 2.45) is 0 Å². The van der Waals surface area contributed by atoms with E-state index in [0.717, 1.165) is 6.54 Å². The van der Waals surface area contributed by atoms with Crippen LogP contribution in [0.5, 0.6) is 0 Å². The Bertz CT molecular complexity index is 68.0. The average Bonchev–Trinajstić information content (AvgIpc) is 1.67. The average molecular weight is 130 g/mol. The molecule has 0 aliphatic heterocycles. The Morgan fingerprint density at radius 1 is 1.56 bits per heavy atom. The molecule has 0 unspecified atom stereocenters. The van der Waals surface area contributed by atoms with Crippen LogP contribution in [0.4, 0.5) is 4.79 Å². The molecule has 1 amide bonds. The Hall–Kier alpha value is -0.505. The smallest absolute Gasteiger partial charge is 0.215 e. The van der Waals surface area contributed by atoms with Gasteiger partial charge in [0.2, 0.25) is 7.85 Å². The predicted octanol–water partition coefficient (Wildman–Crippen LogP) is -0.815. The molecule has 0 heterocycles. The van der Waals surface area contributed by atoms with Gasteiger partial charge in [0, 0.05) is 6.54 Å². The van der Waals surface area contributed by atoms with Gasteiger partial charge in [-0.15, -0.1) is 0 Å². The Morgan fingerprint density at radius 3 is 1.89 bits per heavy atom. The number of hydrogen-bond acceptors (Lipinski definition) is 2. The van der Waals surface area contributed by atoms with Crippen molar-refractivity contribution in [3.05, 3.63) is 0 Å². The van der Waals surface area contributed by atoms with Crippen LogP contribution in [-0.2, 0) is 0 Å². The van der Waals surface area contributed by atoms with E-state index in [0.29, 0.717) is 0 Å². The number of carbonyl (C=O) groups is 1. The maximum Gasteiger partial charge on any atom is 0.215 e. The van der Waals surface area contributed by atoms with Crippen LogP contribution in [-0.4, -0.2) is 34.3 Å². The molecule has 0 aliphatic rings. The zero-order valence-electron chi connectivity index (χ0n) is 6.62. The number of nitrogens with one attached hydrogen (secondary N) is 2. The van der Waals surface area contributed by atoms with E-state index in [2.05, 4.69) is 10.6 Å². The number of amides is 1. The molecule has 0 atom stereocenters. The Labute approximate surface area is 57.6 Å². The Kier molecular flexibility index (Phi) is 13.2. The second-order valence-corrected chi connectivity index (χ2v) is 1.59. The molecule has 0 aromatic heterocycles. The minimum atomic E-state index is 0.0394. The van der Waals surface area contributed by atoms with Crippen molar-refractivity contribution in [1.29, 1.82) is 0 Å². The van der Waals surface area contributed by atoms with E-state index in [1.165, 1.54) is 7.85 Å². The van der Waals surface area contributed by atoms with Crippen molar-refractivity contribution in [2.45, 2.75) is 6.92 Å². The lowest BCUT2D eigenvalue weighted by Crippen LogP contribution is -2.20. The molecule has 0 aliphatic carbocycles. The van der Waals surface area contributed by atoms with Crippen LogP contribution in [0, 0.1) is 0 Å². The molecule has 0 radical (unpaired) electrons. The van der Waals surface area contributed by atoms with Gasteiger partial charge < -0.3 is 10.6 Å². The Morgan fingerprint density at radius 2 is 1.89 bits per heavy atom. The number of rotatable bonds is 1. The van der Waals surface area contributed by atoms with E-state index in [1.54, 1.807) is 0 Å². The highest BCUT2D eigenvalue weighted by atomic mass is 16.1. The lowest BCUT2D eigenvalue weighted by Gasteiger charge is -1.89. The van der Waals surface area contributed by atoms with Crippen LogP contribution >= 0.6 is 0 Å². The molecule has 0 aromatic rings. The van der Waals surface area contributed by atoms with E-state index in [1.807, 2.05) is 21.0 Å². The summed E-state index contributed by atoms with van der Waals surface area (Å²) >= 11 is 0. The zero-order valence-corrected chi connectivity index (χ0v) is 6.62. The normalized spacial score (nSPS) is 7.00. The topological polar surface area (TPSA) is 41.1 Å². The monoisotopic (exact) mass is 130 g/mol. The van der Waals surface area contributed by atoms with Crippen molar-refractivity contribution in [1.82, 2.24) is 10.6 Å². The Balaban J connectivity index is 0. The molecular weight excluding hydrogens is 115 g/mol. The molecule has 0 saturated carbocycles. The molecule has 0 bridgehead atoms. The first kappa shape index (κ1) is 11.3. The largest absolute Gasteiger partial charge is 0.366 e. The van der Waals surface area contributed by atoms with Gasteiger partial charge in [-0.3, -0.25) is 4.79 Å². The van der Waals surface area contributed by atoms with Crippen LogP contribution in [0.15, 0.2) is 0 Å².